The third kappa shape index (κ3) is 11.0. The molecule has 7 rings (SSSR count). The lowest BCUT2D eigenvalue weighted by Crippen LogP contribution is -2.30. The standard InChI is InChI=1S/C26H23NO6S.C19H19NO5S/c1-18-22(16-25(33-18)34(29,30)27-26(28)21-6-4-3-5-7-21)17-32-24-14-10-20(11-15-24)19-8-12-23(31-2)13-9-19;1-13-16(11-19(25-13)26(20,21)22)12-24-18-9-5-15(6-10-18)14-3-7-17(23-2)8-4-14/h3-16H,17H2,1-2H3,(H,27,28);3-11H,12H2,1-2H3,(H2,20,21,22). The van der Waals surface area contributed by atoms with Gasteiger partial charge in [0.05, 0.1) is 14.2 Å². The molecule has 0 radical (unpaired) electrons. The fourth-order valence-corrected chi connectivity index (χ4v) is 7.28. The number of sulfonamides is 2. The molecular formula is C45H42N2O11S2. The van der Waals surface area contributed by atoms with Crippen molar-refractivity contribution in [2.75, 3.05) is 14.2 Å². The highest BCUT2D eigenvalue weighted by atomic mass is 32.2. The summed E-state index contributed by atoms with van der Waals surface area (Å²) in [5, 5.41) is 4.46. The molecule has 0 saturated heterocycles. The van der Waals surface area contributed by atoms with E-state index in [9.17, 15) is 21.6 Å². The third-order valence-corrected chi connectivity index (χ3v) is 11.1. The lowest BCUT2D eigenvalue weighted by Gasteiger charge is -2.07. The molecule has 13 nitrogen and oxygen atoms in total. The SMILES string of the molecule is COc1ccc(-c2ccc(OCc3cc(S(=O)(=O)NC(=O)c4ccccc4)oc3C)cc2)cc1.COc1ccc(-c2ccc(OCc3cc(S(N)(=O)=O)oc3C)cc2)cc1. The van der Waals surface area contributed by atoms with Gasteiger partial charge in [0.2, 0.25) is 10.2 Å². The Labute approximate surface area is 348 Å². The molecule has 60 heavy (non-hydrogen) atoms. The maximum atomic E-state index is 12.6. The molecule has 2 heterocycles. The van der Waals surface area contributed by atoms with Crippen molar-refractivity contribution in [3.05, 3.63) is 168 Å². The van der Waals surface area contributed by atoms with Gasteiger partial charge in [0, 0.05) is 28.8 Å². The van der Waals surface area contributed by atoms with Crippen molar-refractivity contribution in [1.29, 1.82) is 0 Å². The summed E-state index contributed by atoms with van der Waals surface area (Å²) in [6.45, 7) is 3.61. The summed E-state index contributed by atoms with van der Waals surface area (Å²) in [4.78, 5) is 12.2. The van der Waals surface area contributed by atoms with Gasteiger partial charge < -0.3 is 27.8 Å². The number of benzene rings is 5. The van der Waals surface area contributed by atoms with Gasteiger partial charge in [-0.1, -0.05) is 66.7 Å². The molecular weight excluding hydrogens is 809 g/mol. The van der Waals surface area contributed by atoms with E-state index in [1.807, 2.05) is 102 Å². The van der Waals surface area contributed by atoms with Crippen molar-refractivity contribution in [3.63, 3.8) is 0 Å². The summed E-state index contributed by atoms with van der Waals surface area (Å²) in [6, 6.07) is 41.5. The average Bonchev–Trinajstić information content (AvgIpc) is 3.85. The summed E-state index contributed by atoms with van der Waals surface area (Å²) in [5.41, 5.74) is 5.62. The van der Waals surface area contributed by atoms with Crippen LogP contribution in [0.5, 0.6) is 23.0 Å². The summed E-state index contributed by atoms with van der Waals surface area (Å²) in [5.74, 6) is 3.01. The highest BCUT2D eigenvalue weighted by molar-refractivity contribution is 7.90. The van der Waals surface area contributed by atoms with Crippen LogP contribution in [0.3, 0.4) is 0 Å². The number of aryl methyl sites for hydroxylation is 2. The number of hydrogen-bond donors (Lipinski definition) is 2. The smallest absolute Gasteiger partial charge is 0.297 e. The highest BCUT2D eigenvalue weighted by Gasteiger charge is 2.24. The van der Waals surface area contributed by atoms with Gasteiger partial charge in [-0.25, -0.2) is 18.3 Å². The Kier molecular flexibility index (Phi) is 13.4. The van der Waals surface area contributed by atoms with Crippen LogP contribution in [-0.2, 0) is 33.3 Å². The minimum absolute atomic E-state index is 0.110. The molecule has 0 unspecified atom stereocenters. The van der Waals surface area contributed by atoms with Crippen molar-refractivity contribution < 1.29 is 49.4 Å². The molecule has 0 atom stereocenters. The molecule has 0 saturated carbocycles. The number of nitrogens with one attached hydrogen (secondary N) is 1. The van der Waals surface area contributed by atoms with Gasteiger partial charge in [-0.05, 0) is 96.8 Å². The van der Waals surface area contributed by atoms with Crippen LogP contribution in [0.4, 0.5) is 0 Å². The predicted molar refractivity (Wildman–Crippen MR) is 225 cm³/mol. The largest absolute Gasteiger partial charge is 0.497 e. The number of methoxy groups -OCH3 is 2. The predicted octanol–water partition coefficient (Wildman–Crippen LogP) is 8.45. The van der Waals surface area contributed by atoms with Crippen LogP contribution < -0.4 is 28.8 Å². The molecule has 15 heteroatoms. The van der Waals surface area contributed by atoms with E-state index in [1.165, 1.54) is 24.3 Å². The quantitative estimate of drug-likeness (QED) is 0.107. The van der Waals surface area contributed by atoms with E-state index in [-0.39, 0.29) is 29.0 Å². The molecule has 310 valence electrons. The Morgan fingerprint density at radius 2 is 0.917 bits per heavy atom. The molecule has 3 N–H and O–H groups in total. The van der Waals surface area contributed by atoms with Crippen LogP contribution in [0.1, 0.15) is 33.0 Å². The Bertz CT molecular complexity index is 2750. The van der Waals surface area contributed by atoms with Crippen molar-refractivity contribution >= 4 is 26.0 Å². The van der Waals surface area contributed by atoms with Crippen molar-refractivity contribution in [3.8, 4) is 45.3 Å². The van der Waals surface area contributed by atoms with Gasteiger partial charge in [-0.2, -0.15) is 8.42 Å². The summed E-state index contributed by atoms with van der Waals surface area (Å²) in [7, 11) is -4.76. The fraction of sp³-hybridized carbons (Fsp3) is 0.133. The van der Waals surface area contributed by atoms with Crippen molar-refractivity contribution in [2.24, 2.45) is 5.14 Å². The minimum Gasteiger partial charge on any atom is -0.497 e. The lowest BCUT2D eigenvalue weighted by molar-refractivity contribution is 0.0980. The molecule has 0 aliphatic heterocycles. The zero-order valence-corrected chi connectivity index (χ0v) is 34.7. The van der Waals surface area contributed by atoms with E-state index in [4.69, 9.17) is 32.9 Å². The van der Waals surface area contributed by atoms with E-state index in [2.05, 4.69) is 0 Å². The van der Waals surface area contributed by atoms with E-state index in [0.717, 1.165) is 33.8 Å². The number of furan rings is 2. The topological polar surface area (TPSA) is 187 Å². The molecule has 0 fully saturated rings. The zero-order valence-electron chi connectivity index (χ0n) is 33.1. The van der Waals surface area contributed by atoms with Gasteiger partial charge in [-0.15, -0.1) is 0 Å². The summed E-state index contributed by atoms with van der Waals surface area (Å²) < 4.78 is 82.3. The number of nitrogens with two attached hydrogens (primary N) is 1. The number of primary sulfonamides is 1. The molecule has 1 amide bonds. The molecule has 0 aliphatic carbocycles. The number of rotatable bonds is 14. The Balaban J connectivity index is 0.000000209. The first-order chi connectivity index (χ1) is 28.7. The van der Waals surface area contributed by atoms with Crippen molar-refractivity contribution in [2.45, 2.75) is 37.2 Å². The fourth-order valence-electron chi connectivity index (χ4n) is 5.74. The van der Waals surface area contributed by atoms with E-state index in [1.54, 1.807) is 46.3 Å². The van der Waals surface area contributed by atoms with E-state index in [0.29, 0.717) is 34.1 Å². The van der Waals surface area contributed by atoms with Crippen LogP contribution >= 0.6 is 0 Å². The molecule has 2 aromatic heterocycles. The van der Waals surface area contributed by atoms with Crippen LogP contribution in [0.25, 0.3) is 22.3 Å². The first kappa shape index (κ1) is 42.8. The maximum absolute atomic E-state index is 12.6. The van der Waals surface area contributed by atoms with Gasteiger partial charge >= 0.3 is 0 Å². The maximum Gasteiger partial charge on any atom is 0.297 e. The van der Waals surface area contributed by atoms with Crippen LogP contribution in [0.15, 0.2) is 159 Å². The molecule has 7 aromatic rings. The first-order valence-corrected chi connectivity index (χ1v) is 21.3. The first-order valence-electron chi connectivity index (χ1n) is 18.3. The van der Waals surface area contributed by atoms with E-state index >= 15 is 0 Å². The van der Waals surface area contributed by atoms with Gasteiger partial charge in [0.1, 0.15) is 47.7 Å². The second kappa shape index (κ2) is 18.8. The molecule has 0 bridgehead atoms. The molecule has 0 aliphatic rings. The van der Waals surface area contributed by atoms with Gasteiger partial charge in [-0.3, -0.25) is 4.79 Å². The third-order valence-electron chi connectivity index (χ3n) is 9.15. The summed E-state index contributed by atoms with van der Waals surface area (Å²) in [6.07, 6.45) is 0. The second-order valence-electron chi connectivity index (χ2n) is 13.2. The second-order valence-corrected chi connectivity index (χ2v) is 16.3. The van der Waals surface area contributed by atoms with Gasteiger partial charge in [0.25, 0.3) is 26.0 Å². The zero-order chi connectivity index (χ0) is 42.9. The Morgan fingerprint density at radius 1 is 0.550 bits per heavy atom. The van der Waals surface area contributed by atoms with Crippen LogP contribution in [-0.4, -0.2) is 37.0 Å². The van der Waals surface area contributed by atoms with Crippen molar-refractivity contribution in [1.82, 2.24) is 4.72 Å². The average molecular weight is 851 g/mol. The Morgan fingerprint density at radius 3 is 1.28 bits per heavy atom. The summed E-state index contributed by atoms with van der Waals surface area (Å²) >= 11 is 0. The Hall–Kier alpha value is -6.81. The normalized spacial score (nSPS) is 11.2. The highest BCUT2D eigenvalue weighted by Crippen LogP contribution is 2.28. The number of carbonyl (C=O) groups is 1. The number of ether oxygens (including phenoxy) is 4. The van der Waals surface area contributed by atoms with E-state index < -0.39 is 26.0 Å². The van der Waals surface area contributed by atoms with Crippen LogP contribution in [0, 0.1) is 13.8 Å². The monoisotopic (exact) mass is 850 g/mol. The molecule has 5 aromatic carbocycles. The van der Waals surface area contributed by atoms with Gasteiger partial charge in [0.15, 0.2) is 0 Å². The minimum atomic E-state index is -4.16. The number of carbonyl (C=O) groups excluding carboxylic acids is 1. The number of amides is 1. The molecule has 0 spiro atoms. The number of hydrogen-bond acceptors (Lipinski definition) is 11. The lowest BCUT2D eigenvalue weighted by atomic mass is 10.1. The van der Waals surface area contributed by atoms with Crippen LogP contribution in [0.2, 0.25) is 0 Å².